The Morgan fingerprint density at radius 3 is 2.82 bits per heavy atom. The molecule has 1 aromatic rings. The molecule has 1 saturated heterocycles. The van der Waals surface area contributed by atoms with Crippen molar-refractivity contribution in [2.75, 3.05) is 13.1 Å². The lowest BCUT2D eigenvalue weighted by molar-refractivity contribution is -0.122. The van der Waals surface area contributed by atoms with E-state index in [2.05, 4.69) is 25.0 Å². The second kappa shape index (κ2) is 6.77. The maximum Gasteiger partial charge on any atom is 0.221 e. The van der Waals surface area contributed by atoms with Gasteiger partial charge in [0.15, 0.2) is 0 Å². The Labute approximate surface area is 132 Å². The van der Waals surface area contributed by atoms with E-state index in [1.165, 1.54) is 25.7 Å². The smallest absolute Gasteiger partial charge is 0.221 e. The molecule has 0 spiro atoms. The fourth-order valence-corrected chi connectivity index (χ4v) is 3.49. The van der Waals surface area contributed by atoms with Crippen LogP contribution in [0.3, 0.4) is 0 Å². The highest BCUT2D eigenvalue weighted by atomic mass is 16.1. The molecule has 6 heteroatoms. The Hall–Kier alpha value is -1.43. The van der Waals surface area contributed by atoms with Crippen molar-refractivity contribution in [3.05, 3.63) is 11.6 Å². The van der Waals surface area contributed by atoms with Crippen LogP contribution in [0.15, 0.2) is 0 Å². The van der Waals surface area contributed by atoms with Crippen LogP contribution in [0.4, 0.5) is 0 Å². The minimum absolute atomic E-state index is 0.166. The van der Waals surface area contributed by atoms with Gasteiger partial charge < -0.3 is 9.88 Å². The normalized spacial score (nSPS) is 22.7. The number of nitrogens with one attached hydrogen (secondary N) is 1. The molecule has 6 nitrogen and oxygen atoms in total. The Bertz CT molecular complexity index is 523. The average Bonchev–Trinajstić information content (AvgIpc) is 3.26. The van der Waals surface area contributed by atoms with Gasteiger partial charge in [-0.15, -0.1) is 10.2 Å². The molecule has 0 aromatic carbocycles. The van der Waals surface area contributed by atoms with Gasteiger partial charge in [0.25, 0.3) is 0 Å². The molecule has 0 bridgehead atoms. The zero-order valence-electron chi connectivity index (χ0n) is 13.7. The summed E-state index contributed by atoms with van der Waals surface area (Å²) in [5.74, 6) is 2.26. The topological polar surface area (TPSA) is 63.1 Å². The van der Waals surface area contributed by atoms with Gasteiger partial charge >= 0.3 is 0 Å². The summed E-state index contributed by atoms with van der Waals surface area (Å²) >= 11 is 0. The number of nitrogens with zero attached hydrogens (tertiary/aromatic N) is 4. The lowest BCUT2D eigenvalue weighted by atomic mass is 9.99. The number of rotatable bonds is 6. The van der Waals surface area contributed by atoms with E-state index < -0.39 is 0 Å². The quantitative estimate of drug-likeness (QED) is 0.870. The average molecular weight is 305 g/mol. The van der Waals surface area contributed by atoms with Crippen LogP contribution in [-0.4, -0.2) is 44.7 Å². The predicted octanol–water partition coefficient (Wildman–Crippen LogP) is 1.80. The summed E-state index contributed by atoms with van der Waals surface area (Å²) in [5.41, 5.74) is 0. The van der Waals surface area contributed by atoms with E-state index in [1.807, 2.05) is 13.8 Å². The molecule has 1 atom stereocenters. The minimum atomic E-state index is 0.166. The summed E-state index contributed by atoms with van der Waals surface area (Å²) in [5, 5.41) is 11.6. The number of piperidine rings is 1. The van der Waals surface area contributed by atoms with Crippen molar-refractivity contribution < 1.29 is 4.79 Å². The van der Waals surface area contributed by atoms with E-state index in [-0.39, 0.29) is 5.91 Å². The molecule has 1 aliphatic heterocycles. The number of amides is 1. The summed E-state index contributed by atoms with van der Waals surface area (Å²) < 4.78 is 2.30. The molecular formula is C16H27N5O. The maximum absolute atomic E-state index is 11.9. The van der Waals surface area contributed by atoms with Crippen LogP contribution in [0.2, 0.25) is 0 Å². The number of carbonyl (C=O) groups is 1. The van der Waals surface area contributed by atoms with Gasteiger partial charge in [-0.05, 0) is 46.1 Å². The van der Waals surface area contributed by atoms with Crippen LogP contribution in [0.1, 0.15) is 63.1 Å². The van der Waals surface area contributed by atoms with E-state index >= 15 is 0 Å². The van der Waals surface area contributed by atoms with Gasteiger partial charge in [-0.3, -0.25) is 9.69 Å². The standard InChI is InChI=1S/C16H27N5O/c1-3-17-16(22)10-14-6-4-5-9-20(14)11-15-19-18-12(2)21(15)13-7-8-13/h13-14H,3-11H2,1-2H3,(H,17,22). The molecule has 22 heavy (non-hydrogen) atoms. The first kappa shape index (κ1) is 15.5. The van der Waals surface area contributed by atoms with E-state index in [0.717, 1.165) is 31.2 Å². The Morgan fingerprint density at radius 1 is 1.27 bits per heavy atom. The van der Waals surface area contributed by atoms with E-state index in [9.17, 15) is 4.79 Å². The highest BCUT2D eigenvalue weighted by molar-refractivity contribution is 5.76. The van der Waals surface area contributed by atoms with Crippen molar-refractivity contribution in [2.24, 2.45) is 0 Å². The van der Waals surface area contributed by atoms with Gasteiger partial charge in [0.1, 0.15) is 11.6 Å². The van der Waals surface area contributed by atoms with Crippen molar-refractivity contribution in [1.29, 1.82) is 0 Å². The summed E-state index contributed by atoms with van der Waals surface area (Å²) in [7, 11) is 0. The van der Waals surface area contributed by atoms with Gasteiger partial charge in [-0.1, -0.05) is 6.42 Å². The molecule has 122 valence electrons. The molecule has 1 N–H and O–H groups in total. The number of likely N-dealkylation sites (tertiary alicyclic amines) is 1. The fraction of sp³-hybridized carbons (Fsp3) is 0.812. The fourth-order valence-electron chi connectivity index (χ4n) is 3.49. The van der Waals surface area contributed by atoms with Gasteiger partial charge in [0, 0.05) is 25.0 Å². The number of hydrogen-bond acceptors (Lipinski definition) is 4. The molecule has 0 radical (unpaired) electrons. The Kier molecular flexibility index (Phi) is 4.76. The van der Waals surface area contributed by atoms with Gasteiger partial charge in [0.05, 0.1) is 6.54 Å². The van der Waals surface area contributed by atoms with Gasteiger partial charge in [-0.25, -0.2) is 0 Å². The number of aromatic nitrogens is 3. The minimum Gasteiger partial charge on any atom is -0.356 e. The van der Waals surface area contributed by atoms with Crippen molar-refractivity contribution in [1.82, 2.24) is 25.0 Å². The first-order chi connectivity index (χ1) is 10.7. The van der Waals surface area contributed by atoms with Gasteiger partial charge in [-0.2, -0.15) is 0 Å². The molecular weight excluding hydrogens is 278 g/mol. The number of aryl methyl sites for hydroxylation is 1. The molecule has 1 aliphatic carbocycles. The summed E-state index contributed by atoms with van der Waals surface area (Å²) in [6.07, 6.45) is 6.62. The van der Waals surface area contributed by atoms with E-state index in [0.29, 0.717) is 25.0 Å². The molecule has 2 aliphatic rings. The molecule has 3 rings (SSSR count). The summed E-state index contributed by atoms with van der Waals surface area (Å²) in [6.45, 7) is 6.59. The van der Waals surface area contributed by atoms with Crippen LogP contribution in [0, 0.1) is 6.92 Å². The summed E-state index contributed by atoms with van der Waals surface area (Å²) in [4.78, 5) is 14.4. The lowest BCUT2D eigenvalue weighted by Gasteiger charge is -2.35. The van der Waals surface area contributed by atoms with Crippen LogP contribution < -0.4 is 5.32 Å². The lowest BCUT2D eigenvalue weighted by Crippen LogP contribution is -2.42. The largest absolute Gasteiger partial charge is 0.356 e. The monoisotopic (exact) mass is 305 g/mol. The first-order valence-corrected chi connectivity index (χ1v) is 8.60. The summed E-state index contributed by atoms with van der Waals surface area (Å²) in [6, 6.07) is 0.946. The van der Waals surface area contributed by atoms with Crippen molar-refractivity contribution in [3.63, 3.8) is 0 Å². The predicted molar refractivity (Wildman–Crippen MR) is 84.4 cm³/mol. The SMILES string of the molecule is CCNC(=O)CC1CCCCN1Cc1nnc(C)n1C1CC1. The molecule has 1 saturated carbocycles. The third kappa shape index (κ3) is 3.48. The van der Waals surface area contributed by atoms with Crippen molar-refractivity contribution in [2.45, 2.75) is 71.0 Å². The van der Waals surface area contributed by atoms with Crippen molar-refractivity contribution >= 4 is 5.91 Å². The van der Waals surface area contributed by atoms with Crippen LogP contribution in [-0.2, 0) is 11.3 Å². The maximum atomic E-state index is 11.9. The molecule has 1 unspecified atom stereocenters. The van der Waals surface area contributed by atoms with Gasteiger partial charge in [0.2, 0.25) is 5.91 Å². The second-order valence-electron chi connectivity index (χ2n) is 6.54. The Morgan fingerprint density at radius 2 is 2.09 bits per heavy atom. The number of hydrogen-bond donors (Lipinski definition) is 1. The third-order valence-electron chi connectivity index (χ3n) is 4.74. The first-order valence-electron chi connectivity index (χ1n) is 8.60. The molecule has 1 aromatic heterocycles. The highest BCUT2D eigenvalue weighted by Gasteiger charge is 2.31. The zero-order valence-corrected chi connectivity index (χ0v) is 13.7. The molecule has 1 amide bonds. The zero-order chi connectivity index (χ0) is 15.5. The molecule has 2 heterocycles. The van der Waals surface area contributed by atoms with Crippen LogP contribution in [0.5, 0.6) is 0 Å². The molecule has 2 fully saturated rings. The van der Waals surface area contributed by atoms with E-state index in [4.69, 9.17) is 0 Å². The third-order valence-corrected chi connectivity index (χ3v) is 4.74. The van der Waals surface area contributed by atoms with E-state index in [1.54, 1.807) is 0 Å². The second-order valence-corrected chi connectivity index (χ2v) is 6.54. The Balaban J connectivity index is 1.67. The van der Waals surface area contributed by atoms with Crippen LogP contribution >= 0.6 is 0 Å². The number of carbonyl (C=O) groups excluding carboxylic acids is 1. The highest BCUT2D eigenvalue weighted by Crippen LogP contribution is 2.37. The van der Waals surface area contributed by atoms with Crippen LogP contribution in [0.25, 0.3) is 0 Å². The van der Waals surface area contributed by atoms with Crippen molar-refractivity contribution in [3.8, 4) is 0 Å².